The highest BCUT2D eigenvalue weighted by molar-refractivity contribution is 6.33. The lowest BCUT2D eigenvalue weighted by Crippen LogP contribution is -2.14. The van der Waals surface area contributed by atoms with Crippen molar-refractivity contribution < 1.29 is 9.84 Å². The minimum Gasteiger partial charge on any atom is -0.497 e. The Kier molecular flexibility index (Phi) is 5.30. The molecule has 106 valence electrons. The van der Waals surface area contributed by atoms with Crippen LogP contribution in [0.1, 0.15) is 11.1 Å². The Morgan fingerprint density at radius 3 is 2.65 bits per heavy atom. The standard InChI is InChI=1S/C16H16Cl2O2/c1-20-15-4-2-3-11(8-15)7-14(19)10-12-9-13(17)5-6-16(12)18/h2-6,8-9,14,19H,7,10H2,1H3. The van der Waals surface area contributed by atoms with Crippen molar-refractivity contribution in [1.82, 2.24) is 0 Å². The van der Waals surface area contributed by atoms with E-state index in [-0.39, 0.29) is 0 Å². The van der Waals surface area contributed by atoms with Crippen molar-refractivity contribution in [3.8, 4) is 5.75 Å². The summed E-state index contributed by atoms with van der Waals surface area (Å²) in [6, 6.07) is 12.9. The molecule has 2 rings (SSSR count). The molecule has 0 aliphatic heterocycles. The lowest BCUT2D eigenvalue weighted by molar-refractivity contribution is 0.175. The van der Waals surface area contributed by atoms with Gasteiger partial charge in [-0.1, -0.05) is 35.3 Å². The first-order valence-corrected chi connectivity index (χ1v) is 7.09. The van der Waals surface area contributed by atoms with Crippen LogP contribution in [-0.2, 0) is 12.8 Å². The van der Waals surface area contributed by atoms with E-state index in [4.69, 9.17) is 27.9 Å². The van der Waals surface area contributed by atoms with Gasteiger partial charge in [-0.15, -0.1) is 0 Å². The molecule has 20 heavy (non-hydrogen) atoms. The van der Waals surface area contributed by atoms with Crippen molar-refractivity contribution in [3.05, 3.63) is 63.6 Å². The van der Waals surface area contributed by atoms with Gasteiger partial charge >= 0.3 is 0 Å². The molecule has 0 saturated heterocycles. The Labute approximate surface area is 128 Å². The van der Waals surface area contributed by atoms with Gasteiger partial charge in [-0.05, 0) is 47.9 Å². The van der Waals surface area contributed by atoms with Crippen LogP contribution in [-0.4, -0.2) is 18.3 Å². The molecular weight excluding hydrogens is 295 g/mol. The van der Waals surface area contributed by atoms with E-state index in [2.05, 4.69) is 0 Å². The zero-order valence-electron chi connectivity index (χ0n) is 11.1. The van der Waals surface area contributed by atoms with Gasteiger partial charge in [-0.25, -0.2) is 0 Å². The fourth-order valence-electron chi connectivity index (χ4n) is 2.10. The molecule has 0 saturated carbocycles. The molecule has 1 N–H and O–H groups in total. The summed E-state index contributed by atoms with van der Waals surface area (Å²) in [5, 5.41) is 11.4. The van der Waals surface area contributed by atoms with E-state index in [9.17, 15) is 5.11 Å². The fraction of sp³-hybridized carbons (Fsp3) is 0.250. The van der Waals surface area contributed by atoms with Crippen LogP contribution in [0.3, 0.4) is 0 Å². The molecule has 4 heteroatoms. The SMILES string of the molecule is COc1cccc(CC(O)Cc2cc(Cl)ccc2Cl)c1. The van der Waals surface area contributed by atoms with Crippen LogP contribution in [0.15, 0.2) is 42.5 Å². The highest BCUT2D eigenvalue weighted by atomic mass is 35.5. The predicted molar refractivity (Wildman–Crippen MR) is 82.9 cm³/mol. The average molecular weight is 311 g/mol. The monoisotopic (exact) mass is 310 g/mol. The van der Waals surface area contributed by atoms with E-state index in [1.165, 1.54) is 0 Å². The van der Waals surface area contributed by atoms with Crippen molar-refractivity contribution in [1.29, 1.82) is 0 Å². The molecule has 0 spiro atoms. The third-order valence-electron chi connectivity index (χ3n) is 3.07. The lowest BCUT2D eigenvalue weighted by atomic mass is 10.0. The van der Waals surface area contributed by atoms with Gasteiger partial charge in [0.2, 0.25) is 0 Å². The second kappa shape index (κ2) is 6.98. The largest absolute Gasteiger partial charge is 0.497 e. The zero-order valence-corrected chi connectivity index (χ0v) is 12.7. The summed E-state index contributed by atoms with van der Waals surface area (Å²) < 4.78 is 5.17. The molecule has 0 heterocycles. The molecule has 0 amide bonds. The van der Waals surface area contributed by atoms with Gasteiger partial charge < -0.3 is 9.84 Å². The minimum absolute atomic E-state index is 0.469. The van der Waals surface area contributed by atoms with Crippen LogP contribution in [0.25, 0.3) is 0 Å². The molecule has 0 aliphatic carbocycles. The number of aliphatic hydroxyl groups is 1. The molecular formula is C16H16Cl2O2. The maximum atomic E-state index is 10.2. The van der Waals surface area contributed by atoms with Gasteiger partial charge in [0.1, 0.15) is 5.75 Å². The smallest absolute Gasteiger partial charge is 0.119 e. The van der Waals surface area contributed by atoms with Crippen LogP contribution >= 0.6 is 23.2 Å². The van der Waals surface area contributed by atoms with Gasteiger partial charge in [-0.2, -0.15) is 0 Å². The number of hydrogen-bond donors (Lipinski definition) is 1. The van der Waals surface area contributed by atoms with E-state index in [1.807, 2.05) is 24.3 Å². The highest BCUT2D eigenvalue weighted by Gasteiger charge is 2.10. The summed E-state index contributed by atoms with van der Waals surface area (Å²) in [6.45, 7) is 0. The number of ether oxygens (including phenoxy) is 1. The number of methoxy groups -OCH3 is 1. The second-order valence-corrected chi connectivity index (χ2v) is 5.49. The van der Waals surface area contributed by atoms with Crippen molar-refractivity contribution in [2.45, 2.75) is 18.9 Å². The predicted octanol–water partition coefficient (Wildman–Crippen LogP) is 4.15. The minimum atomic E-state index is -0.516. The van der Waals surface area contributed by atoms with Crippen LogP contribution in [0.5, 0.6) is 5.75 Å². The third-order valence-corrected chi connectivity index (χ3v) is 3.67. The first-order valence-electron chi connectivity index (χ1n) is 6.33. The summed E-state index contributed by atoms with van der Waals surface area (Å²) in [4.78, 5) is 0. The van der Waals surface area contributed by atoms with Gasteiger partial charge in [0.15, 0.2) is 0 Å². The quantitative estimate of drug-likeness (QED) is 0.899. The van der Waals surface area contributed by atoms with Gasteiger partial charge in [0.25, 0.3) is 0 Å². The topological polar surface area (TPSA) is 29.5 Å². The third kappa shape index (κ3) is 4.14. The molecule has 2 aromatic rings. The molecule has 1 atom stereocenters. The normalized spacial score (nSPS) is 12.2. The fourth-order valence-corrected chi connectivity index (χ4v) is 2.49. The average Bonchev–Trinajstić information content (AvgIpc) is 2.43. The van der Waals surface area contributed by atoms with Crippen molar-refractivity contribution in [2.24, 2.45) is 0 Å². The van der Waals surface area contributed by atoms with Crippen LogP contribution in [0.4, 0.5) is 0 Å². The molecule has 0 radical (unpaired) electrons. The first kappa shape index (κ1) is 15.2. The molecule has 2 aromatic carbocycles. The van der Waals surface area contributed by atoms with E-state index in [0.29, 0.717) is 22.9 Å². The van der Waals surface area contributed by atoms with E-state index >= 15 is 0 Å². The molecule has 0 aliphatic rings. The molecule has 1 unspecified atom stereocenters. The van der Waals surface area contributed by atoms with Gasteiger partial charge in [-0.3, -0.25) is 0 Å². The highest BCUT2D eigenvalue weighted by Crippen LogP contribution is 2.23. The molecule has 2 nitrogen and oxygen atoms in total. The van der Waals surface area contributed by atoms with E-state index < -0.39 is 6.10 Å². The Morgan fingerprint density at radius 2 is 1.90 bits per heavy atom. The zero-order chi connectivity index (χ0) is 14.5. The van der Waals surface area contributed by atoms with Crippen LogP contribution < -0.4 is 4.74 Å². The summed E-state index contributed by atoms with van der Waals surface area (Å²) >= 11 is 12.0. The van der Waals surface area contributed by atoms with Crippen molar-refractivity contribution in [3.63, 3.8) is 0 Å². The number of rotatable bonds is 5. The van der Waals surface area contributed by atoms with Crippen molar-refractivity contribution in [2.75, 3.05) is 7.11 Å². The van der Waals surface area contributed by atoms with Crippen molar-refractivity contribution >= 4 is 23.2 Å². The summed E-state index contributed by atoms with van der Waals surface area (Å²) in [5.74, 6) is 0.787. The maximum Gasteiger partial charge on any atom is 0.119 e. The Morgan fingerprint density at radius 1 is 1.10 bits per heavy atom. The van der Waals surface area contributed by atoms with Gasteiger partial charge in [0.05, 0.1) is 13.2 Å². The number of halogens is 2. The number of hydrogen-bond acceptors (Lipinski definition) is 2. The Hall–Kier alpha value is -1.22. The molecule has 0 fully saturated rings. The maximum absolute atomic E-state index is 10.2. The molecule has 0 bridgehead atoms. The molecule has 0 aromatic heterocycles. The Bertz CT molecular complexity index is 584. The summed E-state index contributed by atoms with van der Waals surface area (Å²) in [7, 11) is 1.63. The Balaban J connectivity index is 2.04. The lowest BCUT2D eigenvalue weighted by Gasteiger charge is -2.13. The number of aliphatic hydroxyl groups excluding tert-OH is 1. The second-order valence-electron chi connectivity index (χ2n) is 4.65. The van der Waals surface area contributed by atoms with E-state index in [1.54, 1.807) is 25.3 Å². The van der Waals surface area contributed by atoms with Crippen LogP contribution in [0.2, 0.25) is 10.0 Å². The van der Waals surface area contributed by atoms with E-state index in [0.717, 1.165) is 16.9 Å². The van der Waals surface area contributed by atoms with Crippen LogP contribution in [0, 0.1) is 0 Å². The first-order chi connectivity index (χ1) is 9.58. The van der Waals surface area contributed by atoms with Gasteiger partial charge in [0, 0.05) is 16.5 Å². The number of benzene rings is 2. The summed E-state index contributed by atoms with van der Waals surface area (Å²) in [6.07, 6.45) is 0.495. The summed E-state index contributed by atoms with van der Waals surface area (Å²) in [5.41, 5.74) is 1.88.